The van der Waals surface area contributed by atoms with Crippen molar-refractivity contribution in [3.63, 3.8) is 0 Å². The van der Waals surface area contributed by atoms with Crippen LogP contribution >= 0.6 is 11.6 Å². The number of ether oxygens (including phenoxy) is 1. The summed E-state index contributed by atoms with van der Waals surface area (Å²) in [6.45, 7) is 0.793. The largest absolute Gasteiger partial charge is 0.482 e. The highest BCUT2D eigenvalue weighted by Crippen LogP contribution is 2.31. The molecule has 0 aliphatic carbocycles. The van der Waals surface area contributed by atoms with Gasteiger partial charge in [-0.3, -0.25) is 10.1 Å². The van der Waals surface area contributed by atoms with Crippen LogP contribution in [0.1, 0.15) is 5.56 Å². The number of hydrogen-bond acceptors (Lipinski definition) is 3. The summed E-state index contributed by atoms with van der Waals surface area (Å²) in [5, 5.41) is 3.02. The molecule has 0 fully saturated rings. The maximum Gasteiger partial charge on any atom is 0.264 e. The third kappa shape index (κ3) is 2.13. The third-order valence-corrected chi connectivity index (χ3v) is 2.72. The van der Waals surface area contributed by atoms with Gasteiger partial charge in [0.15, 0.2) is 6.61 Å². The Hall–Kier alpha value is -1.26. The number of hydrogen-bond donors (Lipinski definition) is 1. The van der Waals surface area contributed by atoms with Crippen molar-refractivity contribution in [2.24, 2.45) is 0 Å². The van der Waals surface area contributed by atoms with Gasteiger partial charge in [-0.15, -0.1) is 11.6 Å². The fourth-order valence-electron chi connectivity index (χ4n) is 1.62. The Bertz CT molecular complexity index is 409. The van der Waals surface area contributed by atoms with Gasteiger partial charge >= 0.3 is 0 Å². The minimum atomic E-state index is -0.0325. The molecule has 4 nitrogen and oxygen atoms in total. The highest BCUT2D eigenvalue weighted by atomic mass is 35.5. The molecule has 16 heavy (non-hydrogen) atoms. The van der Waals surface area contributed by atoms with E-state index in [1.807, 2.05) is 18.2 Å². The average molecular weight is 241 g/mol. The van der Waals surface area contributed by atoms with Gasteiger partial charge in [-0.2, -0.15) is 0 Å². The van der Waals surface area contributed by atoms with E-state index >= 15 is 0 Å². The van der Waals surface area contributed by atoms with Crippen molar-refractivity contribution in [2.45, 2.75) is 6.54 Å². The van der Waals surface area contributed by atoms with E-state index in [-0.39, 0.29) is 12.5 Å². The normalized spacial score (nSPS) is 14.6. The van der Waals surface area contributed by atoms with E-state index in [9.17, 15) is 4.79 Å². The van der Waals surface area contributed by atoms with Crippen molar-refractivity contribution in [3.05, 3.63) is 23.8 Å². The highest BCUT2D eigenvalue weighted by Gasteiger charge is 2.21. The summed E-state index contributed by atoms with van der Waals surface area (Å²) in [6, 6.07) is 6.18. The Morgan fingerprint density at radius 3 is 3.12 bits per heavy atom. The minimum absolute atomic E-state index is 0.0325. The maximum atomic E-state index is 11.4. The fourth-order valence-corrected chi connectivity index (χ4v) is 1.71. The molecule has 0 aromatic heterocycles. The van der Waals surface area contributed by atoms with Crippen molar-refractivity contribution in [2.75, 3.05) is 24.6 Å². The molecule has 0 spiro atoms. The first-order chi connectivity index (χ1) is 7.72. The van der Waals surface area contributed by atoms with E-state index in [4.69, 9.17) is 16.3 Å². The van der Waals surface area contributed by atoms with Gasteiger partial charge in [0.25, 0.3) is 5.91 Å². The molecule has 0 radical (unpaired) electrons. The van der Waals surface area contributed by atoms with Gasteiger partial charge in [0, 0.05) is 13.6 Å². The van der Waals surface area contributed by atoms with Gasteiger partial charge in [-0.25, -0.2) is 0 Å². The zero-order valence-corrected chi connectivity index (χ0v) is 9.75. The predicted octanol–water partition coefficient (Wildman–Crippen LogP) is 1.33. The maximum absolute atomic E-state index is 11.4. The van der Waals surface area contributed by atoms with Gasteiger partial charge in [0.05, 0.1) is 11.7 Å². The molecule has 2 rings (SSSR count). The number of rotatable bonds is 3. The number of nitrogens with one attached hydrogen (secondary N) is 1. The highest BCUT2D eigenvalue weighted by molar-refractivity contribution is 6.17. The SMILES string of the molecule is CN1C(=O)COc2ccc(CNCCl)cc21. The van der Waals surface area contributed by atoms with E-state index in [2.05, 4.69) is 5.32 Å². The zero-order valence-electron chi connectivity index (χ0n) is 9.00. The number of alkyl halides is 1. The van der Waals surface area contributed by atoms with Crippen molar-refractivity contribution in [1.29, 1.82) is 0 Å². The fraction of sp³-hybridized carbons (Fsp3) is 0.364. The summed E-state index contributed by atoms with van der Waals surface area (Å²) in [5.74, 6) is 0.715. The number of carbonyl (C=O) groups excluding carboxylic acids is 1. The molecule has 1 aliphatic rings. The van der Waals surface area contributed by atoms with Crippen LogP contribution in [0.25, 0.3) is 0 Å². The molecular weight excluding hydrogens is 228 g/mol. The zero-order chi connectivity index (χ0) is 11.5. The van der Waals surface area contributed by atoms with Crippen LogP contribution in [0, 0.1) is 0 Å². The second-order valence-electron chi connectivity index (χ2n) is 3.60. The van der Waals surface area contributed by atoms with E-state index < -0.39 is 0 Å². The monoisotopic (exact) mass is 240 g/mol. The molecule has 0 bridgehead atoms. The topological polar surface area (TPSA) is 41.6 Å². The summed E-state index contributed by atoms with van der Waals surface area (Å²) < 4.78 is 5.33. The van der Waals surface area contributed by atoms with Gasteiger partial charge in [-0.1, -0.05) is 6.07 Å². The lowest BCUT2D eigenvalue weighted by Gasteiger charge is -2.26. The molecule has 86 valence electrons. The number of likely N-dealkylation sites (N-methyl/N-ethyl adjacent to an activating group) is 1. The van der Waals surface area contributed by atoms with Gasteiger partial charge in [-0.05, 0) is 17.7 Å². The number of benzene rings is 1. The number of anilines is 1. The molecule has 1 aliphatic heterocycles. The summed E-state index contributed by atoms with van der Waals surface area (Å²) in [7, 11) is 1.75. The molecule has 1 N–H and O–H groups in total. The minimum Gasteiger partial charge on any atom is -0.482 e. The third-order valence-electron chi connectivity index (χ3n) is 2.53. The molecule has 0 unspecified atom stereocenters. The summed E-state index contributed by atoms with van der Waals surface area (Å²) in [5.41, 5.74) is 1.88. The van der Waals surface area contributed by atoms with E-state index in [0.29, 0.717) is 12.5 Å². The first-order valence-electron chi connectivity index (χ1n) is 5.01. The van der Waals surface area contributed by atoms with Crippen LogP contribution in [0.2, 0.25) is 0 Å². The average Bonchev–Trinajstić information content (AvgIpc) is 2.31. The van der Waals surface area contributed by atoms with Gasteiger partial charge in [0.2, 0.25) is 0 Å². The van der Waals surface area contributed by atoms with Crippen LogP contribution in [0.3, 0.4) is 0 Å². The summed E-state index contributed by atoms with van der Waals surface area (Å²) in [4.78, 5) is 13.1. The molecular formula is C11H13ClN2O2. The van der Waals surface area contributed by atoms with E-state index in [0.717, 1.165) is 17.0 Å². The number of carbonyl (C=O) groups is 1. The van der Waals surface area contributed by atoms with E-state index in [1.165, 1.54) is 0 Å². The van der Waals surface area contributed by atoms with Gasteiger partial charge < -0.3 is 9.64 Å². The Kier molecular flexibility index (Phi) is 3.31. The quantitative estimate of drug-likeness (QED) is 0.640. The Morgan fingerprint density at radius 2 is 2.38 bits per heavy atom. The first kappa shape index (κ1) is 11.2. The molecule has 0 saturated carbocycles. The van der Waals surface area contributed by atoms with E-state index in [1.54, 1.807) is 11.9 Å². The number of halogens is 1. The number of fused-ring (bicyclic) bond motifs is 1. The van der Waals surface area contributed by atoms with Crippen LogP contribution < -0.4 is 15.0 Å². The molecule has 0 atom stereocenters. The first-order valence-corrected chi connectivity index (χ1v) is 5.55. The Labute approximate surface area is 99.1 Å². The second kappa shape index (κ2) is 4.72. The molecule has 1 amide bonds. The molecule has 1 heterocycles. The Balaban J connectivity index is 2.25. The standard InChI is InChI=1S/C11H13ClN2O2/c1-14-9-4-8(5-13-7-12)2-3-10(9)16-6-11(14)15/h2-4,13H,5-7H2,1H3. The number of nitrogens with zero attached hydrogens (tertiary/aromatic N) is 1. The molecule has 0 saturated heterocycles. The van der Waals surface area contributed by atoms with Crippen molar-refractivity contribution in [1.82, 2.24) is 5.32 Å². The van der Waals surface area contributed by atoms with Gasteiger partial charge in [0.1, 0.15) is 5.75 Å². The molecule has 1 aromatic rings. The van der Waals surface area contributed by atoms with Crippen LogP contribution in [0.4, 0.5) is 5.69 Å². The number of amides is 1. The van der Waals surface area contributed by atoms with Crippen LogP contribution in [0.5, 0.6) is 5.75 Å². The predicted molar refractivity (Wildman–Crippen MR) is 62.9 cm³/mol. The molecule has 5 heteroatoms. The lowest BCUT2D eigenvalue weighted by atomic mass is 10.1. The second-order valence-corrected chi connectivity index (χ2v) is 3.87. The van der Waals surface area contributed by atoms with Crippen molar-refractivity contribution >= 4 is 23.2 Å². The Morgan fingerprint density at radius 1 is 1.56 bits per heavy atom. The summed E-state index contributed by atoms with van der Waals surface area (Å²) in [6.07, 6.45) is 0. The lowest BCUT2D eigenvalue weighted by Crippen LogP contribution is -2.35. The summed E-state index contributed by atoms with van der Waals surface area (Å²) >= 11 is 5.55. The van der Waals surface area contributed by atoms with Crippen molar-refractivity contribution < 1.29 is 9.53 Å². The van der Waals surface area contributed by atoms with Crippen LogP contribution in [-0.4, -0.2) is 25.6 Å². The lowest BCUT2D eigenvalue weighted by molar-refractivity contribution is -0.120. The smallest absolute Gasteiger partial charge is 0.264 e. The van der Waals surface area contributed by atoms with Crippen LogP contribution in [0.15, 0.2) is 18.2 Å². The van der Waals surface area contributed by atoms with Crippen LogP contribution in [-0.2, 0) is 11.3 Å². The molecule has 1 aromatic carbocycles. The van der Waals surface area contributed by atoms with Crippen molar-refractivity contribution in [3.8, 4) is 5.75 Å².